The Hall–Kier alpha value is -1.82. The van der Waals surface area contributed by atoms with Crippen molar-refractivity contribution in [3.05, 3.63) is 48.0 Å². The van der Waals surface area contributed by atoms with E-state index in [1.165, 1.54) is 10.8 Å². The summed E-state index contributed by atoms with van der Waals surface area (Å²) in [5, 5.41) is 2.37. The van der Waals surface area contributed by atoms with Crippen LogP contribution in [0.25, 0.3) is 10.8 Å². The molecule has 0 saturated carbocycles. The molecule has 0 fully saturated rings. The van der Waals surface area contributed by atoms with E-state index in [0.717, 1.165) is 5.56 Å². The molecule has 2 aromatic rings. The lowest BCUT2D eigenvalue weighted by atomic mass is 10.0. The van der Waals surface area contributed by atoms with Crippen molar-refractivity contribution in [1.82, 2.24) is 5.43 Å². The number of rotatable bonds is 2. The smallest absolute Gasteiger partial charge is 0.106 e. The summed E-state index contributed by atoms with van der Waals surface area (Å²) in [5.74, 6) is 7.96. The van der Waals surface area contributed by atoms with Gasteiger partial charge in [0.15, 0.2) is 0 Å². The van der Waals surface area contributed by atoms with Gasteiger partial charge in [0.1, 0.15) is 6.04 Å². The Kier molecular flexibility index (Phi) is 2.68. The van der Waals surface area contributed by atoms with E-state index in [9.17, 15) is 0 Å². The number of hydrogen-bond donors (Lipinski definition) is 2. The average molecular weight is 196 g/mol. The third-order valence-electron chi connectivity index (χ3n) is 2.44. The fourth-order valence-corrected chi connectivity index (χ4v) is 1.63. The number of nitrogens with two attached hydrogens (primary N) is 1. The minimum Gasteiger partial charge on any atom is -0.270 e. The normalized spacial score (nSPS) is 12.3. The lowest BCUT2D eigenvalue weighted by Crippen LogP contribution is -2.26. The molecule has 3 N–H and O–H groups in total. The molecule has 2 aromatic carbocycles. The van der Waals surface area contributed by atoms with Crippen LogP contribution < -0.4 is 11.3 Å². The largest absolute Gasteiger partial charge is 0.270 e. The van der Waals surface area contributed by atoms with Crippen LogP contribution in [-0.2, 0) is 0 Å². The molecular formula is C13H12N2. The van der Waals surface area contributed by atoms with Crippen LogP contribution in [0, 0.1) is 12.3 Å². The summed E-state index contributed by atoms with van der Waals surface area (Å²) in [6.07, 6.45) is 5.37. The molecule has 74 valence electrons. The Labute approximate surface area is 89.1 Å². The molecule has 2 rings (SSSR count). The first kappa shape index (κ1) is 9.72. The van der Waals surface area contributed by atoms with Crippen molar-refractivity contribution in [1.29, 1.82) is 0 Å². The predicted molar refractivity (Wildman–Crippen MR) is 62.8 cm³/mol. The number of hydrogen-bond acceptors (Lipinski definition) is 2. The second-order valence-electron chi connectivity index (χ2n) is 3.37. The van der Waals surface area contributed by atoms with Gasteiger partial charge in [0.2, 0.25) is 0 Å². The van der Waals surface area contributed by atoms with E-state index in [2.05, 4.69) is 29.5 Å². The first-order chi connectivity index (χ1) is 7.35. The molecule has 1 unspecified atom stereocenters. The first-order valence-corrected chi connectivity index (χ1v) is 4.76. The van der Waals surface area contributed by atoms with Gasteiger partial charge >= 0.3 is 0 Å². The van der Waals surface area contributed by atoms with E-state index in [4.69, 9.17) is 12.3 Å². The van der Waals surface area contributed by atoms with Crippen LogP contribution >= 0.6 is 0 Å². The van der Waals surface area contributed by atoms with Gasteiger partial charge in [0.05, 0.1) is 0 Å². The number of benzene rings is 2. The maximum atomic E-state index is 5.37. The number of terminal acetylenes is 1. The molecule has 0 aliphatic heterocycles. The summed E-state index contributed by atoms with van der Waals surface area (Å²) >= 11 is 0. The molecule has 0 amide bonds. The van der Waals surface area contributed by atoms with Gasteiger partial charge in [-0.05, 0) is 22.4 Å². The topological polar surface area (TPSA) is 38.0 Å². The van der Waals surface area contributed by atoms with Crippen LogP contribution in [0.2, 0.25) is 0 Å². The zero-order valence-corrected chi connectivity index (χ0v) is 8.27. The molecule has 0 aliphatic carbocycles. The molecule has 0 spiro atoms. The predicted octanol–water partition coefficient (Wildman–Crippen LogP) is 1.98. The zero-order valence-electron chi connectivity index (χ0n) is 8.27. The molecule has 0 radical (unpaired) electrons. The summed E-state index contributed by atoms with van der Waals surface area (Å²) in [6, 6.07) is 14.0. The molecule has 2 nitrogen and oxygen atoms in total. The van der Waals surface area contributed by atoms with E-state index in [0.29, 0.717) is 0 Å². The van der Waals surface area contributed by atoms with Gasteiger partial charge in [-0.15, -0.1) is 6.42 Å². The van der Waals surface area contributed by atoms with Gasteiger partial charge in [-0.2, -0.15) is 0 Å². The second-order valence-corrected chi connectivity index (χ2v) is 3.37. The summed E-state index contributed by atoms with van der Waals surface area (Å²) < 4.78 is 0. The van der Waals surface area contributed by atoms with Gasteiger partial charge in [0.25, 0.3) is 0 Å². The first-order valence-electron chi connectivity index (χ1n) is 4.76. The third kappa shape index (κ3) is 1.84. The van der Waals surface area contributed by atoms with Crippen molar-refractivity contribution >= 4 is 10.8 Å². The molecule has 0 bridgehead atoms. The van der Waals surface area contributed by atoms with Crippen molar-refractivity contribution in [2.24, 2.45) is 5.84 Å². The van der Waals surface area contributed by atoms with Crippen molar-refractivity contribution < 1.29 is 0 Å². The number of hydrazine groups is 1. The van der Waals surface area contributed by atoms with E-state index in [1.54, 1.807) is 0 Å². The highest BCUT2D eigenvalue weighted by Crippen LogP contribution is 2.19. The van der Waals surface area contributed by atoms with Gasteiger partial charge in [-0.25, -0.2) is 5.43 Å². The Bertz CT molecular complexity index is 511. The summed E-state index contributed by atoms with van der Waals surface area (Å²) in [7, 11) is 0. The standard InChI is InChI=1S/C13H12N2/c1-2-13(15-14)12-8-7-10-5-3-4-6-11(10)9-12/h1,3-9,13,15H,14H2. The van der Waals surface area contributed by atoms with E-state index in [-0.39, 0.29) is 6.04 Å². The molecule has 1 atom stereocenters. The Morgan fingerprint density at radius 2 is 1.87 bits per heavy atom. The van der Waals surface area contributed by atoms with Gasteiger partial charge in [0, 0.05) is 0 Å². The molecule has 15 heavy (non-hydrogen) atoms. The maximum Gasteiger partial charge on any atom is 0.106 e. The molecule has 0 aromatic heterocycles. The second kappa shape index (κ2) is 4.14. The highest BCUT2D eigenvalue weighted by atomic mass is 15.2. The molecule has 0 saturated heterocycles. The summed E-state index contributed by atoms with van der Waals surface area (Å²) in [4.78, 5) is 0. The van der Waals surface area contributed by atoms with Crippen LogP contribution in [0.1, 0.15) is 11.6 Å². The van der Waals surface area contributed by atoms with Crippen molar-refractivity contribution in [3.8, 4) is 12.3 Å². The Morgan fingerprint density at radius 3 is 2.53 bits per heavy atom. The Morgan fingerprint density at radius 1 is 1.13 bits per heavy atom. The highest BCUT2D eigenvalue weighted by Gasteiger charge is 2.05. The third-order valence-corrected chi connectivity index (χ3v) is 2.44. The number of nitrogens with one attached hydrogen (secondary N) is 1. The minimum atomic E-state index is -0.227. The highest BCUT2D eigenvalue weighted by molar-refractivity contribution is 5.83. The SMILES string of the molecule is C#CC(NN)c1ccc2ccccc2c1. The molecule has 2 heteroatoms. The quantitative estimate of drug-likeness (QED) is 0.438. The lowest BCUT2D eigenvalue weighted by Gasteiger charge is -2.10. The molecule has 0 heterocycles. The summed E-state index contributed by atoms with van der Waals surface area (Å²) in [5.41, 5.74) is 3.61. The van der Waals surface area contributed by atoms with E-state index in [1.807, 2.05) is 24.3 Å². The lowest BCUT2D eigenvalue weighted by molar-refractivity contribution is 0.674. The monoisotopic (exact) mass is 196 g/mol. The van der Waals surface area contributed by atoms with Gasteiger partial charge in [-0.3, -0.25) is 5.84 Å². The maximum absolute atomic E-state index is 5.37. The number of fused-ring (bicyclic) bond motifs is 1. The minimum absolute atomic E-state index is 0.227. The Balaban J connectivity index is 2.52. The zero-order chi connectivity index (χ0) is 10.7. The fourth-order valence-electron chi connectivity index (χ4n) is 1.63. The van der Waals surface area contributed by atoms with Crippen LogP contribution in [0.15, 0.2) is 42.5 Å². The van der Waals surface area contributed by atoms with E-state index < -0.39 is 0 Å². The van der Waals surface area contributed by atoms with Crippen molar-refractivity contribution in [2.45, 2.75) is 6.04 Å². The van der Waals surface area contributed by atoms with E-state index >= 15 is 0 Å². The molecular weight excluding hydrogens is 184 g/mol. The van der Waals surface area contributed by atoms with Crippen molar-refractivity contribution in [2.75, 3.05) is 0 Å². The van der Waals surface area contributed by atoms with Gasteiger partial charge in [-0.1, -0.05) is 42.3 Å². The van der Waals surface area contributed by atoms with Crippen LogP contribution in [-0.4, -0.2) is 0 Å². The van der Waals surface area contributed by atoms with Crippen LogP contribution in [0.5, 0.6) is 0 Å². The average Bonchev–Trinajstić information content (AvgIpc) is 2.30. The van der Waals surface area contributed by atoms with Crippen LogP contribution in [0.4, 0.5) is 0 Å². The van der Waals surface area contributed by atoms with Gasteiger partial charge < -0.3 is 0 Å². The van der Waals surface area contributed by atoms with Crippen LogP contribution in [0.3, 0.4) is 0 Å². The van der Waals surface area contributed by atoms with Crippen molar-refractivity contribution in [3.63, 3.8) is 0 Å². The summed E-state index contributed by atoms with van der Waals surface area (Å²) in [6.45, 7) is 0. The molecule has 0 aliphatic rings. The fraction of sp³-hybridized carbons (Fsp3) is 0.0769.